The Hall–Kier alpha value is -1.59. The lowest BCUT2D eigenvalue weighted by molar-refractivity contribution is 0.0702. The number of carbonyl (C=O) groups is 1. The monoisotopic (exact) mass is 380 g/mol. The fourth-order valence-electron chi connectivity index (χ4n) is 2.09. The second kappa shape index (κ2) is 6.89. The molecule has 0 aliphatic rings. The molecule has 0 bridgehead atoms. The summed E-state index contributed by atoms with van der Waals surface area (Å²) in [6.07, 6.45) is 0. The summed E-state index contributed by atoms with van der Waals surface area (Å²) >= 11 is 14.7. The molecule has 0 aliphatic heterocycles. The van der Waals surface area contributed by atoms with E-state index >= 15 is 0 Å². The highest BCUT2D eigenvalue weighted by Gasteiger charge is 2.09. The molecule has 4 rings (SSSR count). The highest BCUT2D eigenvalue weighted by Crippen LogP contribution is 2.31. The molecule has 2 aromatic heterocycles. The molecule has 0 amide bonds. The van der Waals surface area contributed by atoms with Crippen molar-refractivity contribution in [1.29, 1.82) is 0 Å². The van der Waals surface area contributed by atoms with Crippen molar-refractivity contribution in [2.24, 2.45) is 0 Å². The molecular weight excluding hydrogens is 371 g/mol. The van der Waals surface area contributed by atoms with Crippen LogP contribution in [-0.4, -0.2) is 11.1 Å². The maximum atomic E-state index is 10.6. The largest absolute Gasteiger partial charge is 0.477 e. The van der Waals surface area contributed by atoms with Gasteiger partial charge >= 0.3 is 5.97 Å². The third-order valence-electron chi connectivity index (χ3n) is 3.14. The van der Waals surface area contributed by atoms with Crippen molar-refractivity contribution >= 4 is 72.0 Å². The van der Waals surface area contributed by atoms with Crippen LogP contribution in [0.25, 0.3) is 20.2 Å². The Kier molecular flexibility index (Phi) is 4.87. The van der Waals surface area contributed by atoms with Gasteiger partial charge in [-0.3, -0.25) is 0 Å². The fourth-order valence-corrected chi connectivity index (χ4v) is 4.41. The Balaban J connectivity index is 0.000000140. The molecule has 0 aliphatic carbocycles. The predicted molar refractivity (Wildman–Crippen MR) is 101 cm³/mol. The quantitative estimate of drug-likeness (QED) is 0.393. The number of halogens is 2. The van der Waals surface area contributed by atoms with Gasteiger partial charge in [-0.05, 0) is 40.4 Å². The van der Waals surface area contributed by atoms with E-state index in [2.05, 4.69) is 17.5 Å². The molecule has 4 aromatic rings. The number of fused-ring (bicyclic) bond motifs is 2. The van der Waals surface area contributed by atoms with Gasteiger partial charge in [0.05, 0.1) is 19.4 Å². The third kappa shape index (κ3) is 3.51. The summed E-state index contributed by atoms with van der Waals surface area (Å²) in [5.41, 5.74) is 0. The van der Waals surface area contributed by atoms with Gasteiger partial charge in [0.2, 0.25) is 0 Å². The van der Waals surface area contributed by atoms with E-state index in [0.29, 0.717) is 9.90 Å². The van der Waals surface area contributed by atoms with Gasteiger partial charge in [-0.1, -0.05) is 47.5 Å². The number of hydrogen-bond donors (Lipinski definition) is 1. The van der Waals surface area contributed by atoms with E-state index in [-0.39, 0.29) is 0 Å². The van der Waals surface area contributed by atoms with Crippen molar-refractivity contribution < 1.29 is 9.90 Å². The highest BCUT2D eigenvalue weighted by atomic mass is 35.5. The van der Waals surface area contributed by atoms with Crippen molar-refractivity contribution in [3.05, 3.63) is 68.8 Å². The lowest BCUT2D eigenvalue weighted by atomic mass is 10.2. The minimum atomic E-state index is -0.905. The average molecular weight is 381 g/mol. The van der Waals surface area contributed by atoms with Crippen LogP contribution >= 0.6 is 45.9 Å². The third-order valence-corrected chi connectivity index (χ3v) is 6.13. The molecule has 2 aromatic carbocycles. The van der Waals surface area contributed by atoms with Crippen LogP contribution in [-0.2, 0) is 0 Å². The zero-order valence-electron chi connectivity index (χ0n) is 11.6. The standard InChI is InChI=1S/C9H5ClO2S.C8H5ClS/c10-6-3-1-2-5-4-7(9(11)12)13-8(5)6;9-7-3-1-2-6-4-5-10-8(6)7/h1-4H,(H,11,12);1-5H. The number of benzene rings is 2. The number of carboxylic acids is 1. The Morgan fingerprint density at radius 2 is 1.57 bits per heavy atom. The minimum Gasteiger partial charge on any atom is -0.477 e. The van der Waals surface area contributed by atoms with Crippen LogP contribution in [0.2, 0.25) is 10.0 Å². The molecule has 23 heavy (non-hydrogen) atoms. The van der Waals surface area contributed by atoms with E-state index < -0.39 is 5.97 Å². The lowest BCUT2D eigenvalue weighted by Gasteiger charge is -1.89. The van der Waals surface area contributed by atoms with Crippen molar-refractivity contribution in [1.82, 2.24) is 0 Å². The summed E-state index contributed by atoms with van der Waals surface area (Å²) in [7, 11) is 0. The Labute approximate surface area is 150 Å². The second-order valence-electron chi connectivity index (χ2n) is 4.65. The molecule has 0 radical (unpaired) electrons. The normalized spacial score (nSPS) is 10.5. The first-order chi connectivity index (χ1) is 11.1. The molecule has 2 heterocycles. The van der Waals surface area contributed by atoms with Crippen LogP contribution in [0.5, 0.6) is 0 Å². The van der Waals surface area contributed by atoms with Gasteiger partial charge in [0, 0.05) is 0 Å². The van der Waals surface area contributed by atoms with E-state index in [4.69, 9.17) is 28.3 Å². The fraction of sp³-hybridized carbons (Fsp3) is 0. The maximum absolute atomic E-state index is 10.6. The van der Waals surface area contributed by atoms with Crippen LogP contribution < -0.4 is 0 Å². The average Bonchev–Trinajstić information content (AvgIpc) is 3.15. The first-order valence-electron chi connectivity index (χ1n) is 6.59. The van der Waals surface area contributed by atoms with Crippen molar-refractivity contribution in [2.75, 3.05) is 0 Å². The van der Waals surface area contributed by atoms with Crippen LogP contribution in [0.4, 0.5) is 0 Å². The summed E-state index contributed by atoms with van der Waals surface area (Å²) in [6, 6.07) is 15.1. The van der Waals surface area contributed by atoms with Gasteiger partial charge in [0.15, 0.2) is 0 Å². The maximum Gasteiger partial charge on any atom is 0.345 e. The summed E-state index contributed by atoms with van der Waals surface area (Å²) in [6.45, 7) is 0. The summed E-state index contributed by atoms with van der Waals surface area (Å²) < 4.78 is 2.02. The van der Waals surface area contributed by atoms with Gasteiger partial charge in [-0.15, -0.1) is 22.7 Å². The molecule has 0 spiro atoms. The molecule has 0 atom stereocenters. The van der Waals surface area contributed by atoms with Gasteiger partial charge < -0.3 is 5.11 Å². The lowest BCUT2D eigenvalue weighted by Crippen LogP contribution is -1.89. The smallest absolute Gasteiger partial charge is 0.345 e. The number of rotatable bonds is 1. The summed E-state index contributed by atoms with van der Waals surface area (Å²) in [4.78, 5) is 11.0. The van der Waals surface area contributed by atoms with Crippen LogP contribution in [0.3, 0.4) is 0 Å². The SMILES string of the molecule is Clc1cccc2ccsc12.O=C(O)c1cc2cccc(Cl)c2s1. The Morgan fingerprint density at radius 1 is 0.913 bits per heavy atom. The summed E-state index contributed by atoms with van der Waals surface area (Å²) in [5, 5.41) is 14.4. The Morgan fingerprint density at radius 3 is 2.17 bits per heavy atom. The van der Waals surface area contributed by atoms with Gasteiger partial charge in [-0.2, -0.15) is 0 Å². The molecule has 0 fully saturated rings. The number of carboxylic acid groups (broad SMARTS) is 1. The molecule has 6 heteroatoms. The van der Waals surface area contributed by atoms with E-state index in [0.717, 1.165) is 15.1 Å². The molecule has 2 nitrogen and oxygen atoms in total. The van der Waals surface area contributed by atoms with Gasteiger partial charge in [0.1, 0.15) is 4.88 Å². The number of hydrogen-bond acceptors (Lipinski definition) is 3. The van der Waals surface area contributed by atoms with E-state index in [1.807, 2.05) is 24.3 Å². The van der Waals surface area contributed by atoms with Gasteiger partial charge in [0.25, 0.3) is 0 Å². The zero-order chi connectivity index (χ0) is 16.4. The van der Waals surface area contributed by atoms with Crippen LogP contribution in [0, 0.1) is 0 Å². The van der Waals surface area contributed by atoms with Gasteiger partial charge in [-0.25, -0.2) is 4.79 Å². The minimum absolute atomic E-state index is 0.322. The first kappa shape index (κ1) is 16.3. The van der Waals surface area contributed by atoms with Crippen molar-refractivity contribution in [2.45, 2.75) is 0 Å². The van der Waals surface area contributed by atoms with Crippen LogP contribution in [0.15, 0.2) is 53.9 Å². The number of aromatic carboxylic acids is 1. The highest BCUT2D eigenvalue weighted by molar-refractivity contribution is 7.21. The topological polar surface area (TPSA) is 37.3 Å². The van der Waals surface area contributed by atoms with E-state index in [1.54, 1.807) is 23.5 Å². The molecule has 0 saturated heterocycles. The molecule has 1 N–H and O–H groups in total. The van der Waals surface area contributed by atoms with Crippen molar-refractivity contribution in [3.63, 3.8) is 0 Å². The van der Waals surface area contributed by atoms with Crippen LogP contribution in [0.1, 0.15) is 9.67 Å². The second-order valence-corrected chi connectivity index (χ2v) is 7.44. The van der Waals surface area contributed by atoms with E-state index in [1.165, 1.54) is 21.4 Å². The molecule has 0 unspecified atom stereocenters. The zero-order valence-corrected chi connectivity index (χ0v) is 14.8. The molecule has 0 saturated carbocycles. The van der Waals surface area contributed by atoms with Crippen molar-refractivity contribution in [3.8, 4) is 0 Å². The number of thiophene rings is 2. The first-order valence-corrected chi connectivity index (χ1v) is 9.04. The Bertz CT molecular complexity index is 989. The van der Waals surface area contributed by atoms with E-state index in [9.17, 15) is 4.79 Å². The molecular formula is C17H10Cl2O2S2. The summed E-state index contributed by atoms with van der Waals surface area (Å²) in [5.74, 6) is -0.905. The predicted octanol–water partition coefficient (Wildman–Crippen LogP) is 6.81. The molecule has 116 valence electrons.